The van der Waals surface area contributed by atoms with Crippen molar-refractivity contribution < 1.29 is 19.3 Å². The molecular formula is C18H20N6O4. The number of anilines is 2. The number of aliphatic carboxylic acids is 1. The Hall–Kier alpha value is -3.43. The summed E-state index contributed by atoms with van der Waals surface area (Å²) in [6.07, 6.45) is 4.82. The minimum Gasteiger partial charge on any atom is -0.481 e. The highest BCUT2D eigenvalue weighted by Gasteiger charge is 2.20. The summed E-state index contributed by atoms with van der Waals surface area (Å²) in [4.78, 5) is 25.7. The summed E-state index contributed by atoms with van der Waals surface area (Å²) >= 11 is 0. The van der Waals surface area contributed by atoms with Crippen molar-refractivity contribution in [2.75, 3.05) is 23.3 Å². The fourth-order valence-corrected chi connectivity index (χ4v) is 3.44. The molecule has 0 bridgehead atoms. The summed E-state index contributed by atoms with van der Waals surface area (Å²) in [5.74, 6) is -1.36. The lowest BCUT2D eigenvalue weighted by molar-refractivity contribution is -0.137. The van der Waals surface area contributed by atoms with Crippen LogP contribution >= 0.6 is 0 Å². The van der Waals surface area contributed by atoms with Crippen LogP contribution in [0.3, 0.4) is 0 Å². The molecule has 3 aromatic rings. The first-order valence-electron chi connectivity index (χ1n) is 9.18. The summed E-state index contributed by atoms with van der Waals surface area (Å²) in [7, 11) is 0. The number of piperidine rings is 1. The van der Waals surface area contributed by atoms with E-state index in [1.54, 1.807) is 6.07 Å². The Morgan fingerprint density at radius 2 is 1.89 bits per heavy atom. The van der Waals surface area contributed by atoms with E-state index in [0.717, 1.165) is 31.6 Å². The number of carboxylic acids is 1. The van der Waals surface area contributed by atoms with Gasteiger partial charge in [0.25, 0.3) is 5.91 Å². The summed E-state index contributed by atoms with van der Waals surface area (Å²) in [6.45, 7) is 2.02. The smallest absolute Gasteiger partial charge is 0.305 e. The van der Waals surface area contributed by atoms with Gasteiger partial charge in [-0.15, -0.1) is 0 Å². The molecule has 1 amide bonds. The number of nitrogens with one attached hydrogen (secondary N) is 1. The molecular weight excluding hydrogens is 364 g/mol. The van der Waals surface area contributed by atoms with Gasteiger partial charge in [0.2, 0.25) is 0 Å². The predicted octanol–water partition coefficient (Wildman–Crippen LogP) is 2.14. The van der Waals surface area contributed by atoms with Crippen LogP contribution in [0.5, 0.6) is 0 Å². The molecule has 0 spiro atoms. The Morgan fingerprint density at radius 1 is 1.11 bits per heavy atom. The van der Waals surface area contributed by atoms with Gasteiger partial charge < -0.3 is 15.3 Å². The molecule has 3 heterocycles. The number of rotatable bonds is 6. The molecule has 10 heteroatoms. The molecule has 0 atom stereocenters. The maximum atomic E-state index is 12.7. The van der Waals surface area contributed by atoms with E-state index in [0.29, 0.717) is 16.7 Å². The Kier molecular flexibility index (Phi) is 4.92. The third kappa shape index (κ3) is 3.53. The first kappa shape index (κ1) is 18.0. The highest BCUT2D eigenvalue weighted by molar-refractivity contribution is 6.08. The van der Waals surface area contributed by atoms with Gasteiger partial charge in [-0.3, -0.25) is 14.3 Å². The van der Waals surface area contributed by atoms with Gasteiger partial charge in [0.15, 0.2) is 11.0 Å². The molecule has 10 nitrogen and oxygen atoms in total. The molecule has 1 saturated heterocycles. The Morgan fingerprint density at radius 3 is 2.68 bits per heavy atom. The van der Waals surface area contributed by atoms with Gasteiger partial charge in [-0.2, -0.15) is 5.10 Å². The molecule has 28 heavy (non-hydrogen) atoms. The summed E-state index contributed by atoms with van der Waals surface area (Å²) < 4.78 is 6.30. The molecule has 1 fully saturated rings. The van der Waals surface area contributed by atoms with E-state index >= 15 is 0 Å². The largest absolute Gasteiger partial charge is 0.481 e. The molecule has 0 saturated carbocycles. The van der Waals surface area contributed by atoms with Crippen molar-refractivity contribution >= 4 is 34.3 Å². The Labute approximate surface area is 160 Å². The quantitative estimate of drug-likeness (QED) is 0.662. The second-order valence-corrected chi connectivity index (χ2v) is 6.68. The normalized spacial score (nSPS) is 14.4. The van der Waals surface area contributed by atoms with Crippen LogP contribution in [0.4, 0.5) is 11.4 Å². The molecule has 0 aliphatic carbocycles. The molecule has 1 aliphatic heterocycles. The van der Waals surface area contributed by atoms with Crippen LogP contribution < -0.4 is 10.2 Å². The molecule has 146 valence electrons. The number of carbonyl (C=O) groups excluding carboxylic acids is 1. The van der Waals surface area contributed by atoms with Crippen LogP contribution in [0, 0.1) is 0 Å². The highest BCUT2D eigenvalue weighted by atomic mass is 16.6. The fraction of sp³-hybridized carbons (Fsp3) is 0.389. The monoisotopic (exact) mass is 384 g/mol. The van der Waals surface area contributed by atoms with Gasteiger partial charge >= 0.3 is 5.97 Å². The molecule has 0 radical (unpaired) electrons. The number of fused-ring (bicyclic) bond motifs is 1. The minimum absolute atomic E-state index is 0.111. The van der Waals surface area contributed by atoms with Crippen molar-refractivity contribution in [3.8, 4) is 0 Å². The van der Waals surface area contributed by atoms with Crippen LogP contribution in [0.15, 0.2) is 29.0 Å². The van der Waals surface area contributed by atoms with Gasteiger partial charge in [-0.25, -0.2) is 4.63 Å². The average Bonchev–Trinajstić information content (AvgIpc) is 3.37. The van der Waals surface area contributed by atoms with Gasteiger partial charge in [-0.1, -0.05) is 0 Å². The maximum Gasteiger partial charge on any atom is 0.305 e. The van der Waals surface area contributed by atoms with Crippen LogP contribution in [0.1, 0.15) is 36.2 Å². The number of benzene rings is 1. The van der Waals surface area contributed by atoms with Gasteiger partial charge in [-0.05, 0) is 47.8 Å². The fourth-order valence-electron chi connectivity index (χ4n) is 3.44. The van der Waals surface area contributed by atoms with Crippen molar-refractivity contribution in [3.05, 3.63) is 30.1 Å². The second-order valence-electron chi connectivity index (χ2n) is 6.68. The van der Waals surface area contributed by atoms with E-state index < -0.39 is 11.9 Å². The number of hydrogen-bond acceptors (Lipinski definition) is 7. The summed E-state index contributed by atoms with van der Waals surface area (Å²) in [5, 5.41) is 23.6. The topological polar surface area (TPSA) is 126 Å². The third-order valence-corrected chi connectivity index (χ3v) is 4.83. The lowest BCUT2D eigenvalue weighted by atomic mass is 10.1. The standard InChI is InChI=1S/C18H20N6O4/c25-15(26)7-11-24-14(6-8-19-24)18(27)20-12-4-5-13(17-16(12)21-28-22-17)23-9-2-1-3-10-23/h4-6,8H,1-3,7,9-11H2,(H,20,27)(H,25,26). The highest BCUT2D eigenvalue weighted by Crippen LogP contribution is 2.31. The molecule has 2 aromatic heterocycles. The Bertz CT molecular complexity index is 1000. The van der Waals surface area contributed by atoms with Crippen molar-refractivity contribution in [1.82, 2.24) is 20.1 Å². The summed E-state index contributed by atoms with van der Waals surface area (Å²) in [5.41, 5.74) is 2.78. The van der Waals surface area contributed by atoms with Crippen molar-refractivity contribution in [2.45, 2.75) is 32.2 Å². The zero-order valence-corrected chi connectivity index (χ0v) is 15.2. The number of aryl methyl sites for hydroxylation is 1. The number of carboxylic acid groups (broad SMARTS) is 1. The second kappa shape index (κ2) is 7.67. The number of nitrogens with zero attached hydrogens (tertiary/aromatic N) is 5. The van der Waals surface area contributed by atoms with Crippen LogP contribution in [0.25, 0.3) is 11.0 Å². The van der Waals surface area contributed by atoms with Crippen LogP contribution in [-0.4, -0.2) is 50.2 Å². The Balaban J connectivity index is 1.57. The number of amides is 1. The molecule has 0 unspecified atom stereocenters. The van der Waals surface area contributed by atoms with E-state index in [2.05, 4.69) is 25.6 Å². The van der Waals surface area contributed by atoms with Crippen LogP contribution in [-0.2, 0) is 11.3 Å². The molecule has 1 aliphatic rings. The lowest BCUT2D eigenvalue weighted by Gasteiger charge is -2.28. The zero-order valence-electron chi connectivity index (χ0n) is 15.2. The zero-order chi connectivity index (χ0) is 19.5. The summed E-state index contributed by atoms with van der Waals surface area (Å²) in [6, 6.07) is 5.24. The van der Waals surface area contributed by atoms with Crippen molar-refractivity contribution in [1.29, 1.82) is 0 Å². The van der Waals surface area contributed by atoms with E-state index in [1.807, 2.05) is 6.07 Å². The first-order valence-corrected chi connectivity index (χ1v) is 9.18. The van der Waals surface area contributed by atoms with E-state index in [9.17, 15) is 9.59 Å². The first-order chi connectivity index (χ1) is 13.6. The van der Waals surface area contributed by atoms with Gasteiger partial charge in [0, 0.05) is 19.3 Å². The van der Waals surface area contributed by atoms with Gasteiger partial charge in [0.1, 0.15) is 5.69 Å². The predicted molar refractivity (Wildman–Crippen MR) is 100 cm³/mol. The maximum absolute atomic E-state index is 12.7. The van der Waals surface area contributed by atoms with E-state index in [4.69, 9.17) is 9.74 Å². The molecule has 1 aromatic carbocycles. The van der Waals surface area contributed by atoms with E-state index in [1.165, 1.54) is 23.4 Å². The number of aromatic nitrogens is 4. The SMILES string of the molecule is O=C(O)CCn1nccc1C(=O)Nc1ccc(N2CCCCC2)c2nonc12. The third-order valence-electron chi connectivity index (χ3n) is 4.83. The molecule has 2 N–H and O–H groups in total. The van der Waals surface area contributed by atoms with Gasteiger partial charge in [0.05, 0.1) is 24.3 Å². The number of hydrogen-bond donors (Lipinski definition) is 2. The van der Waals surface area contributed by atoms with E-state index in [-0.39, 0.29) is 18.7 Å². The van der Waals surface area contributed by atoms with Crippen LogP contribution in [0.2, 0.25) is 0 Å². The van der Waals surface area contributed by atoms with Crippen molar-refractivity contribution in [2.24, 2.45) is 0 Å². The van der Waals surface area contributed by atoms with Crippen molar-refractivity contribution in [3.63, 3.8) is 0 Å². The molecule has 4 rings (SSSR count). The minimum atomic E-state index is -0.953. The number of carbonyl (C=O) groups is 2. The lowest BCUT2D eigenvalue weighted by Crippen LogP contribution is -2.29. The average molecular weight is 384 g/mol.